The Morgan fingerprint density at radius 2 is 1.90 bits per heavy atom. The van der Waals surface area contributed by atoms with E-state index in [1.807, 2.05) is 0 Å². The van der Waals surface area contributed by atoms with Crippen LogP contribution >= 0.6 is 15.9 Å². The number of aromatic amines is 2. The van der Waals surface area contributed by atoms with Crippen molar-refractivity contribution in [3.8, 4) is 0 Å². The molecule has 1 atom stereocenters. The number of rotatable bonds is 4. The second-order valence-corrected chi connectivity index (χ2v) is 5.28. The number of nitrogens with one attached hydrogen (secondary N) is 3. The average molecular weight is 352 g/mol. The van der Waals surface area contributed by atoms with Gasteiger partial charge < -0.3 is 15.3 Å². The average Bonchev–Trinajstić information content (AvgIpc) is 2.65. The van der Waals surface area contributed by atoms with E-state index >= 15 is 0 Å². The van der Waals surface area contributed by atoms with Crippen LogP contribution in [0.4, 0.5) is 13.2 Å². The van der Waals surface area contributed by atoms with Gasteiger partial charge in [0, 0.05) is 10.5 Å². The lowest BCUT2D eigenvalue weighted by Crippen LogP contribution is -2.26. The zero-order valence-electron chi connectivity index (χ0n) is 10.6. The molecule has 0 radical (unpaired) electrons. The Balaban J connectivity index is 2.46. The first-order chi connectivity index (χ1) is 9.30. The van der Waals surface area contributed by atoms with E-state index in [9.17, 15) is 18.0 Å². The van der Waals surface area contributed by atoms with Gasteiger partial charge in [-0.1, -0.05) is 22.9 Å². The van der Waals surface area contributed by atoms with E-state index in [1.165, 1.54) is 0 Å². The van der Waals surface area contributed by atoms with E-state index in [0.717, 1.165) is 0 Å². The molecule has 0 bridgehead atoms. The number of imidazole rings is 1. The quantitative estimate of drug-likeness (QED) is 0.791. The van der Waals surface area contributed by atoms with E-state index in [1.54, 1.807) is 19.1 Å². The molecule has 3 N–H and O–H groups in total. The van der Waals surface area contributed by atoms with Crippen molar-refractivity contribution in [3.63, 3.8) is 0 Å². The fourth-order valence-corrected chi connectivity index (χ4v) is 2.73. The van der Waals surface area contributed by atoms with Crippen molar-refractivity contribution < 1.29 is 13.2 Å². The van der Waals surface area contributed by atoms with Crippen LogP contribution in [-0.4, -0.2) is 22.7 Å². The van der Waals surface area contributed by atoms with Gasteiger partial charge in [-0.05, 0) is 24.2 Å². The number of aromatic nitrogens is 2. The Hall–Kier alpha value is -1.28. The molecule has 2 aromatic rings. The van der Waals surface area contributed by atoms with Crippen LogP contribution in [0.25, 0.3) is 11.0 Å². The summed E-state index contributed by atoms with van der Waals surface area (Å²) in [6.07, 6.45) is -5.24. The third-order valence-corrected chi connectivity index (χ3v) is 3.58. The Labute approximate surface area is 120 Å². The highest BCUT2D eigenvalue weighted by atomic mass is 79.9. The standard InChI is InChI=1S/C12H13BrF3N3O/c1-2-17-10(5-12(14,15)16)6-3-8-9(4-7(6)13)19-11(20)18-8/h3-4,10,17H,2,5H2,1H3,(H2,18,19,20). The monoisotopic (exact) mass is 351 g/mol. The minimum atomic E-state index is -4.27. The maximum atomic E-state index is 12.6. The Morgan fingerprint density at radius 3 is 2.45 bits per heavy atom. The zero-order chi connectivity index (χ0) is 14.9. The lowest BCUT2D eigenvalue weighted by molar-refractivity contribution is -0.140. The number of H-pyrrole nitrogens is 2. The van der Waals surface area contributed by atoms with E-state index in [4.69, 9.17) is 0 Å². The highest BCUT2D eigenvalue weighted by Crippen LogP contribution is 2.34. The van der Waals surface area contributed by atoms with Crippen LogP contribution in [0.1, 0.15) is 24.9 Å². The number of fused-ring (bicyclic) bond motifs is 1. The van der Waals surface area contributed by atoms with Gasteiger partial charge in [-0.2, -0.15) is 13.2 Å². The lowest BCUT2D eigenvalue weighted by atomic mass is 10.0. The summed E-state index contributed by atoms with van der Waals surface area (Å²) in [6, 6.07) is 2.29. The maximum Gasteiger partial charge on any atom is 0.390 e. The predicted molar refractivity (Wildman–Crippen MR) is 73.7 cm³/mol. The van der Waals surface area contributed by atoms with Crippen molar-refractivity contribution in [1.82, 2.24) is 15.3 Å². The van der Waals surface area contributed by atoms with Crippen molar-refractivity contribution in [2.24, 2.45) is 0 Å². The Kier molecular flexibility index (Phi) is 4.24. The summed E-state index contributed by atoms with van der Waals surface area (Å²) < 4.78 is 38.5. The molecule has 8 heteroatoms. The number of hydrogen-bond donors (Lipinski definition) is 3. The topological polar surface area (TPSA) is 60.7 Å². The second kappa shape index (κ2) is 5.61. The molecule has 0 saturated carbocycles. The molecule has 0 aliphatic rings. The molecule has 1 unspecified atom stereocenters. The lowest BCUT2D eigenvalue weighted by Gasteiger charge is -2.21. The molecular weight excluding hydrogens is 339 g/mol. The SMILES string of the molecule is CCNC(CC(F)(F)F)c1cc2[nH]c(=O)[nH]c2cc1Br. The molecule has 0 fully saturated rings. The third kappa shape index (κ3) is 3.43. The molecule has 1 aromatic heterocycles. The highest BCUT2D eigenvalue weighted by molar-refractivity contribution is 9.10. The summed E-state index contributed by atoms with van der Waals surface area (Å²) in [6.45, 7) is 2.16. The van der Waals surface area contributed by atoms with Crippen molar-refractivity contribution in [2.45, 2.75) is 25.6 Å². The molecule has 110 valence electrons. The normalized spacial score (nSPS) is 13.8. The fraction of sp³-hybridized carbons (Fsp3) is 0.417. The van der Waals surface area contributed by atoms with Crippen LogP contribution in [0.5, 0.6) is 0 Å². The number of benzene rings is 1. The van der Waals surface area contributed by atoms with Crippen LogP contribution in [0.3, 0.4) is 0 Å². The van der Waals surface area contributed by atoms with E-state index < -0.39 is 18.6 Å². The van der Waals surface area contributed by atoms with Crippen molar-refractivity contribution in [3.05, 3.63) is 32.7 Å². The highest BCUT2D eigenvalue weighted by Gasteiger charge is 2.33. The molecule has 0 aliphatic heterocycles. The number of hydrogen-bond acceptors (Lipinski definition) is 2. The first kappa shape index (κ1) is 15.1. The van der Waals surface area contributed by atoms with Crippen LogP contribution in [0, 0.1) is 0 Å². The van der Waals surface area contributed by atoms with Crippen LogP contribution in [0.15, 0.2) is 21.4 Å². The molecule has 0 spiro atoms. The summed E-state index contributed by atoms with van der Waals surface area (Å²) >= 11 is 3.26. The number of halogens is 4. The molecular formula is C12H13BrF3N3O. The molecule has 4 nitrogen and oxygen atoms in total. The van der Waals surface area contributed by atoms with Crippen molar-refractivity contribution in [2.75, 3.05) is 6.54 Å². The Bertz CT molecular complexity index is 662. The molecule has 1 aromatic carbocycles. The summed E-state index contributed by atoms with van der Waals surface area (Å²) in [5.74, 6) is 0. The van der Waals surface area contributed by atoms with Crippen molar-refractivity contribution in [1.29, 1.82) is 0 Å². The minimum absolute atomic E-state index is 0.389. The first-order valence-corrected chi connectivity index (χ1v) is 6.81. The van der Waals surface area contributed by atoms with Gasteiger partial charge >= 0.3 is 11.9 Å². The molecule has 2 rings (SSSR count). The second-order valence-electron chi connectivity index (χ2n) is 4.43. The van der Waals surface area contributed by atoms with E-state index in [-0.39, 0.29) is 5.69 Å². The van der Waals surface area contributed by atoms with Gasteiger partial charge in [-0.3, -0.25) is 0 Å². The van der Waals surface area contributed by atoms with Crippen molar-refractivity contribution >= 4 is 27.0 Å². The number of alkyl halides is 3. The van der Waals surface area contributed by atoms with Crippen LogP contribution in [0.2, 0.25) is 0 Å². The van der Waals surface area contributed by atoms with Crippen LogP contribution < -0.4 is 11.0 Å². The van der Waals surface area contributed by atoms with Gasteiger partial charge in [0.2, 0.25) is 0 Å². The Morgan fingerprint density at radius 1 is 1.30 bits per heavy atom. The molecule has 0 amide bonds. The summed E-state index contributed by atoms with van der Waals surface area (Å²) in [7, 11) is 0. The molecule has 20 heavy (non-hydrogen) atoms. The minimum Gasteiger partial charge on any atom is -0.310 e. The molecule has 1 heterocycles. The van der Waals surface area contributed by atoms with Gasteiger partial charge in [0.1, 0.15) is 0 Å². The summed E-state index contributed by atoms with van der Waals surface area (Å²) in [5.41, 5.74) is 1.11. The molecule has 0 aliphatic carbocycles. The smallest absolute Gasteiger partial charge is 0.310 e. The predicted octanol–water partition coefficient (Wildman–Crippen LogP) is 3.22. The van der Waals surface area contributed by atoms with Gasteiger partial charge in [0.25, 0.3) is 0 Å². The van der Waals surface area contributed by atoms with Gasteiger partial charge in [-0.25, -0.2) is 4.79 Å². The summed E-state index contributed by atoms with van der Waals surface area (Å²) in [4.78, 5) is 16.3. The first-order valence-electron chi connectivity index (χ1n) is 6.01. The van der Waals surface area contributed by atoms with E-state index in [0.29, 0.717) is 27.6 Å². The van der Waals surface area contributed by atoms with Crippen LogP contribution in [-0.2, 0) is 0 Å². The maximum absolute atomic E-state index is 12.6. The summed E-state index contributed by atoms with van der Waals surface area (Å²) in [5, 5.41) is 2.82. The van der Waals surface area contributed by atoms with Gasteiger partial charge in [-0.15, -0.1) is 0 Å². The third-order valence-electron chi connectivity index (χ3n) is 2.89. The fourth-order valence-electron chi connectivity index (χ4n) is 2.11. The largest absolute Gasteiger partial charge is 0.390 e. The van der Waals surface area contributed by atoms with E-state index in [2.05, 4.69) is 31.2 Å². The van der Waals surface area contributed by atoms with Gasteiger partial charge in [0.15, 0.2) is 0 Å². The zero-order valence-corrected chi connectivity index (χ0v) is 12.2. The van der Waals surface area contributed by atoms with Gasteiger partial charge in [0.05, 0.1) is 17.5 Å². The molecule has 0 saturated heterocycles.